The van der Waals surface area contributed by atoms with Gasteiger partial charge < -0.3 is 10.0 Å². The van der Waals surface area contributed by atoms with E-state index in [4.69, 9.17) is 5.11 Å². The molecule has 2 N–H and O–H groups in total. The summed E-state index contributed by atoms with van der Waals surface area (Å²) in [5.41, 5.74) is 0. The lowest BCUT2D eigenvalue weighted by molar-refractivity contribution is -0.137. The van der Waals surface area contributed by atoms with Crippen LogP contribution in [0.15, 0.2) is 0 Å². The van der Waals surface area contributed by atoms with E-state index in [-0.39, 0.29) is 24.9 Å². The highest BCUT2D eigenvalue weighted by Crippen LogP contribution is 2.06. The van der Waals surface area contributed by atoms with Gasteiger partial charge in [0.25, 0.3) is 10.2 Å². The summed E-state index contributed by atoms with van der Waals surface area (Å²) in [6.07, 6.45) is -0.211. The summed E-state index contributed by atoms with van der Waals surface area (Å²) in [6.45, 7) is 4.42. The van der Waals surface area contributed by atoms with Gasteiger partial charge in [-0.1, -0.05) is 13.8 Å². The van der Waals surface area contributed by atoms with E-state index in [9.17, 15) is 13.2 Å². The van der Waals surface area contributed by atoms with E-state index in [1.165, 1.54) is 7.05 Å². The minimum atomic E-state index is -3.65. The van der Waals surface area contributed by atoms with E-state index in [2.05, 4.69) is 4.72 Å². The number of carboxylic acids is 1. The number of rotatable bonds is 9. The van der Waals surface area contributed by atoms with E-state index >= 15 is 0 Å². The van der Waals surface area contributed by atoms with Crippen molar-refractivity contribution in [2.75, 3.05) is 34.2 Å². The fourth-order valence-electron chi connectivity index (χ4n) is 1.43. The normalized spacial score (nSPS) is 14.3. The molecule has 19 heavy (non-hydrogen) atoms. The Hall–Kier alpha value is -0.700. The Morgan fingerprint density at radius 2 is 1.79 bits per heavy atom. The molecule has 0 fully saturated rings. The second kappa shape index (κ2) is 7.78. The van der Waals surface area contributed by atoms with Gasteiger partial charge in [-0.15, -0.1) is 0 Å². The number of hydrogen-bond acceptors (Lipinski definition) is 4. The van der Waals surface area contributed by atoms with Gasteiger partial charge >= 0.3 is 5.97 Å². The highest BCUT2D eigenvalue weighted by molar-refractivity contribution is 7.87. The Balaban J connectivity index is 4.66. The van der Waals surface area contributed by atoms with E-state index < -0.39 is 16.2 Å². The van der Waals surface area contributed by atoms with Crippen LogP contribution in [0, 0.1) is 5.92 Å². The van der Waals surface area contributed by atoms with Crippen molar-refractivity contribution >= 4 is 16.2 Å². The molecule has 1 unspecified atom stereocenters. The van der Waals surface area contributed by atoms with Gasteiger partial charge in [-0.3, -0.25) is 4.79 Å². The third kappa shape index (κ3) is 7.46. The minimum absolute atomic E-state index is 0.0442. The van der Waals surface area contributed by atoms with E-state index in [0.29, 0.717) is 6.54 Å². The van der Waals surface area contributed by atoms with Gasteiger partial charge in [-0.25, -0.2) is 0 Å². The smallest absolute Gasteiger partial charge is 0.304 e. The van der Waals surface area contributed by atoms with Crippen LogP contribution in [0.25, 0.3) is 0 Å². The summed E-state index contributed by atoms with van der Waals surface area (Å²) < 4.78 is 27.7. The number of carbonyl (C=O) groups is 1. The van der Waals surface area contributed by atoms with Crippen molar-refractivity contribution in [3.63, 3.8) is 0 Å². The van der Waals surface area contributed by atoms with Crippen LogP contribution < -0.4 is 4.72 Å². The Morgan fingerprint density at radius 1 is 1.26 bits per heavy atom. The molecule has 0 aromatic heterocycles. The van der Waals surface area contributed by atoms with Gasteiger partial charge in [0, 0.05) is 26.2 Å². The molecule has 7 nitrogen and oxygen atoms in total. The molecule has 0 rings (SSSR count). The first kappa shape index (κ1) is 18.3. The Bertz CT molecular complexity index is 381. The standard InChI is InChI=1S/C11H25N3O4S/c1-9(2)10(8-13(3)4)12-19(17,18)14(5)7-6-11(15)16/h9-10,12H,6-8H2,1-5H3,(H,15,16). The number of likely N-dealkylation sites (N-methyl/N-ethyl adjacent to an activating group) is 1. The molecule has 0 bridgehead atoms. The first-order chi connectivity index (χ1) is 8.56. The molecule has 0 amide bonds. The monoisotopic (exact) mass is 295 g/mol. The average molecular weight is 295 g/mol. The Morgan fingerprint density at radius 3 is 2.16 bits per heavy atom. The lowest BCUT2D eigenvalue weighted by Crippen LogP contribution is -2.49. The molecule has 0 aliphatic rings. The summed E-state index contributed by atoms with van der Waals surface area (Å²) in [4.78, 5) is 12.4. The Labute approximate surface area is 115 Å². The van der Waals surface area contributed by atoms with Crippen LogP contribution in [-0.2, 0) is 15.0 Å². The highest BCUT2D eigenvalue weighted by Gasteiger charge is 2.25. The minimum Gasteiger partial charge on any atom is -0.481 e. The van der Waals surface area contributed by atoms with Crippen molar-refractivity contribution in [2.24, 2.45) is 5.92 Å². The molecule has 8 heteroatoms. The van der Waals surface area contributed by atoms with Crippen molar-refractivity contribution in [1.29, 1.82) is 0 Å². The van der Waals surface area contributed by atoms with Gasteiger partial charge in [0.05, 0.1) is 6.42 Å². The van der Waals surface area contributed by atoms with Crippen LogP contribution in [0.2, 0.25) is 0 Å². The zero-order valence-corrected chi connectivity index (χ0v) is 13.1. The van der Waals surface area contributed by atoms with Gasteiger partial charge in [-0.2, -0.15) is 17.4 Å². The summed E-state index contributed by atoms with van der Waals surface area (Å²) in [6, 6.07) is -0.215. The molecule has 0 radical (unpaired) electrons. The number of nitrogens with one attached hydrogen (secondary N) is 1. The summed E-state index contributed by atoms with van der Waals surface area (Å²) >= 11 is 0. The molecule has 0 aliphatic carbocycles. The summed E-state index contributed by atoms with van der Waals surface area (Å²) in [7, 11) is 1.47. The summed E-state index contributed by atoms with van der Waals surface area (Å²) in [5, 5.41) is 8.57. The molecular formula is C11H25N3O4S. The first-order valence-electron chi connectivity index (χ1n) is 6.16. The van der Waals surface area contributed by atoms with Gasteiger partial charge in [0.1, 0.15) is 0 Å². The zero-order chi connectivity index (χ0) is 15.2. The molecule has 0 heterocycles. The second-order valence-corrected chi connectivity index (χ2v) is 7.01. The fraction of sp³-hybridized carbons (Fsp3) is 0.909. The third-order valence-electron chi connectivity index (χ3n) is 2.72. The van der Waals surface area contributed by atoms with E-state index in [0.717, 1.165) is 4.31 Å². The van der Waals surface area contributed by atoms with Crippen LogP contribution >= 0.6 is 0 Å². The van der Waals surface area contributed by atoms with Crippen molar-refractivity contribution < 1.29 is 18.3 Å². The Kier molecular flexibility index (Phi) is 7.50. The molecule has 0 aromatic rings. The predicted molar refractivity (Wildman–Crippen MR) is 74.1 cm³/mol. The molecule has 1 atom stereocenters. The lowest BCUT2D eigenvalue weighted by Gasteiger charge is -2.27. The molecule has 0 saturated carbocycles. The van der Waals surface area contributed by atoms with Crippen LogP contribution in [0.5, 0.6) is 0 Å². The van der Waals surface area contributed by atoms with Gasteiger partial charge in [0.15, 0.2) is 0 Å². The van der Waals surface area contributed by atoms with Crippen LogP contribution in [0.1, 0.15) is 20.3 Å². The molecule has 114 valence electrons. The average Bonchev–Trinajstić information content (AvgIpc) is 2.23. The second-order valence-electron chi connectivity index (χ2n) is 5.20. The van der Waals surface area contributed by atoms with Gasteiger partial charge in [-0.05, 0) is 20.0 Å². The number of hydrogen-bond donors (Lipinski definition) is 2. The third-order valence-corrected chi connectivity index (χ3v) is 4.32. The van der Waals surface area contributed by atoms with Crippen LogP contribution in [0.3, 0.4) is 0 Å². The molecule has 0 aliphatic heterocycles. The first-order valence-corrected chi connectivity index (χ1v) is 7.60. The summed E-state index contributed by atoms with van der Waals surface area (Å²) in [5.74, 6) is -0.874. The van der Waals surface area contributed by atoms with Crippen LogP contribution in [0.4, 0.5) is 0 Å². The number of aliphatic carboxylic acids is 1. The number of nitrogens with zero attached hydrogens (tertiary/aromatic N) is 2. The van der Waals surface area contributed by atoms with Crippen molar-refractivity contribution in [3.05, 3.63) is 0 Å². The SMILES string of the molecule is CC(C)C(CN(C)C)NS(=O)(=O)N(C)CCC(=O)O. The maximum absolute atomic E-state index is 12.0. The van der Waals surface area contributed by atoms with Crippen molar-refractivity contribution in [2.45, 2.75) is 26.3 Å². The van der Waals surface area contributed by atoms with Crippen molar-refractivity contribution in [3.8, 4) is 0 Å². The molecular weight excluding hydrogens is 270 g/mol. The predicted octanol–water partition coefficient (Wildman–Crippen LogP) is -0.186. The quantitative estimate of drug-likeness (QED) is 0.615. The van der Waals surface area contributed by atoms with Crippen LogP contribution in [-0.4, -0.2) is 69.0 Å². The number of carboxylic acid groups (broad SMARTS) is 1. The van der Waals surface area contributed by atoms with Crippen molar-refractivity contribution in [1.82, 2.24) is 13.9 Å². The largest absolute Gasteiger partial charge is 0.481 e. The lowest BCUT2D eigenvalue weighted by atomic mass is 10.1. The zero-order valence-electron chi connectivity index (χ0n) is 12.3. The maximum atomic E-state index is 12.0. The van der Waals surface area contributed by atoms with E-state index in [1.807, 2.05) is 32.8 Å². The molecule has 0 saturated heterocycles. The fourth-order valence-corrected chi connectivity index (χ4v) is 2.67. The maximum Gasteiger partial charge on any atom is 0.304 e. The molecule has 0 spiro atoms. The van der Waals surface area contributed by atoms with Gasteiger partial charge in [0.2, 0.25) is 0 Å². The van der Waals surface area contributed by atoms with E-state index in [1.54, 1.807) is 0 Å². The molecule has 0 aromatic carbocycles. The topological polar surface area (TPSA) is 90.0 Å². The highest BCUT2D eigenvalue weighted by atomic mass is 32.2.